The molecule has 2 fully saturated rings. The summed E-state index contributed by atoms with van der Waals surface area (Å²) in [4.78, 5) is 2.44. The Kier molecular flexibility index (Phi) is 3.10. The molecule has 0 aromatic carbocycles. The Balaban J connectivity index is 2.00. The van der Waals surface area contributed by atoms with Crippen molar-refractivity contribution in [3.8, 4) is 0 Å². The van der Waals surface area contributed by atoms with Crippen LogP contribution >= 0.6 is 0 Å². The maximum atomic E-state index is 9.86. The Morgan fingerprint density at radius 1 is 1.29 bits per heavy atom. The van der Waals surface area contributed by atoms with E-state index in [4.69, 9.17) is 4.74 Å². The van der Waals surface area contributed by atoms with Gasteiger partial charge in [0.1, 0.15) is 0 Å². The summed E-state index contributed by atoms with van der Waals surface area (Å²) >= 11 is 0. The maximum Gasteiger partial charge on any atom is 0.0695 e. The minimum Gasteiger partial charge on any atom is -0.391 e. The minimum absolute atomic E-state index is 0.109. The molecule has 2 rings (SSSR count). The van der Waals surface area contributed by atoms with E-state index in [1.165, 1.54) is 6.42 Å². The lowest BCUT2D eigenvalue weighted by Gasteiger charge is -2.41. The van der Waals surface area contributed by atoms with Crippen molar-refractivity contribution in [2.75, 3.05) is 13.2 Å². The molecule has 1 aliphatic heterocycles. The van der Waals surface area contributed by atoms with Crippen LogP contribution in [0.1, 0.15) is 33.1 Å². The molecular weight excluding hydrogens is 178 g/mol. The number of rotatable bonds is 1. The van der Waals surface area contributed by atoms with E-state index in [0.29, 0.717) is 18.2 Å². The highest BCUT2D eigenvalue weighted by Crippen LogP contribution is 2.27. The molecule has 1 heterocycles. The average molecular weight is 199 g/mol. The molecule has 14 heavy (non-hydrogen) atoms. The van der Waals surface area contributed by atoms with Crippen LogP contribution < -0.4 is 0 Å². The second kappa shape index (κ2) is 4.17. The predicted molar refractivity (Wildman–Crippen MR) is 55.2 cm³/mol. The van der Waals surface area contributed by atoms with Crippen LogP contribution in [0, 0.1) is 0 Å². The Labute approximate surface area is 86.0 Å². The average Bonchev–Trinajstić information content (AvgIpc) is 2.56. The first-order chi connectivity index (χ1) is 6.68. The molecule has 1 saturated heterocycles. The molecule has 0 aromatic rings. The Morgan fingerprint density at radius 3 is 2.71 bits per heavy atom. The van der Waals surface area contributed by atoms with Crippen LogP contribution in [0.4, 0.5) is 0 Å². The van der Waals surface area contributed by atoms with Gasteiger partial charge in [0, 0.05) is 18.6 Å². The largest absolute Gasteiger partial charge is 0.391 e. The lowest BCUT2D eigenvalue weighted by Crippen LogP contribution is -2.54. The van der Waals surface area contributed by atoms with E-state index in [1.807, 2.05) is 0 Å². The van der Waals surface area contributed by atoms with Crippen LogP contribution in [0.5, 0.6) is 0 Å². The number of hydrogen-bond donors (Lipinski definition) is 1. The van der Waals surface area contributed by atoms with E-state index in [-0.39, 0.29) is 6.10 Å². The molecule has 1 saturated carbocycles. The summed E-state index contributed by atoms with van der Waals surface area (Å²) in [5.41, 5.74) is 0. The molecular formula is C11H21NO2. The SMILES string of the molecule is CC1CN(C2CCCC2O)C(C)CO1. The molecule has 82 valence electrons. The molecule has 1 N–H and O–H groups in total. The summed E-state index contributed by atoms with van der Waals surface area (Å²) in [5, 5.41) is 9.86. The molecule has 0 bridgehead atoms. The van der Waals surface area contributed by atoms with Crippen LogP contribution in [-0.4, -0.2) is 47.4 Å². The van der Waals surface area contributed by atoms with Crippen LogP contribution in [0.25, 0.3) is 0 Å². The highest BCUT2D eigenvalue weighted by atomic mass is 16.5. The van der Waals surface area contributed by atoms with Gasteiger partial charge in [-0.2, -0.15) is 0 Å². The molecule has 2 aliphatic rings. The first kappa shape index (κ1) is 10.4. The fourth-order valence-electron chi connectivity index (χ4n) is 2.70. The molecule has 0 radical (unpaired) electrons. The molecule has 3 nitrogen and oxygen atoms in total. The molecule has 1 aliphatic carbocycles. The van der Waals surface area contributed by atoms with Gasteiger partial charge < -0.3 is 9.84 Å². The minimum atomic E-state index is -0.109. The Bertz CT molecular complexity index is 198. The van der Waals surface area contributed by atoms with E-state index < -0.39 is 0 Å². The van der Waals surface area contributed by atoms with Crippen molar-refractivity contribution < 1.29 is 9.84 Å². The van der Waals surface area contributed by atoms with Gasteiger partial charge in [-0.25, -0.2) is 0 Å². The van der Waals surface area contributed by atoms with Gasteiger partial charge in [-0.05, 0) is 33.1 Å². The van der Waals surface area contributed by atoms with E-state index in [0.717, 1.165) is 26.0 Å². The van der Waals surface area contributed by atoms with Gasteiger partial charge in [-0.1, -0.05) is 0 Å². The number of nitrogens with zero attached hydrogens (tertiary/aromatic N) is 1. The van der Waals surface area contributed by atoms with Crippen molar-refractivity contribution in [3.05, 3.63) is 0 Å². The summed E-state index contributed by atoms with van der Waals surface area (Å²) in [5.74, 6) is 0. The zero-order valence-electron chi connectivity index (χ0n) is 9.15. The van der Waals surface area contributed by atoms with Gasteiger partial charge in [0.05, 0.1) is 18.8 Å². The van der Waals surface area contributed by atoms with Crippen molar-refractivity contribution in [2.24, 2.45) is 0 Å². The molecule has 4 unspecified atom stereocenters. The zero-order chi connectivity index (χ0) is 10.1. The third-order valence-electron chi connectivity index (χ3n) is 3.53. The molecule has 0 spiro atoms. The number of aliphatic hydroxyl groups is 1. The lowest BCUT2D eigenvalue weighted by atomic mass is 10.1. The van der Waals surface area contributed by atoms with Crippen molar-refractivity contribution >= 4 is 0 Å². The Morgan fingerprint density at radius 2 is 2.07 bits per heavy atom. The van der Waals surface area contributed by atoms with Gasteiger partial charge in [0.15, 0.2) is 0 Å². The number of ether oxygens (including phenoxy) is 1. The fourth-order valence-corrected chi connectivity index (χ4v) is 2.70. The first-order valence-corrected chi connectivity index (χ1v) is 5.74. The normalized spacial score (nSPS) is 45.6. The topological polar surface area (TPSA) is 32.7 Å². The van der Waals surface area contributed by atoms with Gasteiger partial charge in [0.2, 0.25) is 0 Å². The van der Waals surface area contributed by atoms with E-state index >= 15 is 0 Å². The van der Waals surface area contributed by atoms with Crippen molar-refractivity contribution in [3.63, 3.8) is 0 Å². The summed E-state index contributed by atoms with van der Waals surface area (Å²) < 4.78 is 5.59. The van der Waals surface area contributed by atoms with E-state index in [2.05, 4.69) is 18.7 Å². The van der Waals surface area contributed by atoms with Crippen LogP contribution in [0.15, 0.2) is 0 Å². The third kappa shape index (κ3) is 1.95. The third-order valence-corrected chi connectivity index (χ3v) is 3.53. The highest BCUT2D eigenvalue weighted by molar-refractivity contribution is 4.90. The standard InChI is InChI=1S/C11H21NO2/c1-8-7-14-9(2)6-12(8)10-4-3-5-11(10)13/h8-11,13H,3-7H2,1-2H3. The summed E-state index contributed by atoms with van der Waals surface area (Å²) in [6.07, 6.45) is 3.51. The zero-order valence-corrected chi connectivity index (χ0v) is 9.15. The van der Waals surface area contributed by atoms with Crippen molar-refractivity contribution in [1.29, 1.82) is 0 Å². The molecule has 4 atom stereocenters. The van der Waals surface area contributed by atoms with E-state index in [9.17, 15) is 5.11 Å². The van der Waals surface area contributed by atoms with E-state index in [1.54, 1.807) is 0 Å². The second-order valence-corrected chi connectivity index (χ2v) is 4.76. The molecule has 0 amide bonds. The predicted octanol–water partition coefficient (Wildman–Crippen LogP) is 1.01. The molecule has 0 aromatic heterocycles. The monoisotopic (exact) mass is 199 g/mol. The van der Waals surface area contributed by atoms with Gasteiger partial charge in [0.25, 0.3) is 0 Å². The van der Waals surface area contributed by atoms with Gasteiger partial charge in [-0.15, -0.1) is 0 Å². The van der Waals surface area contributed by atoms with Gasteiger partial charge >= 0.3 is 0 Å². The summed E-state index contributed by atoms with van der Waals surface area (Å²) in [6, 6.07) is 0.847. The molecule has 3 heteroatoms. The van der Waals surface area contributed by atoms with Crippen molar-refractivity contribution in [2.45, 2.75) is 57.4 Å². The fraction of sp³-hybridized carbons (Fsp3) is 1.00. The second-order valence-electron chi connectivity index (χ2n) is 4.76. The van der Waals surface area contributed by atoms with Crippen molar-refractivity contribution in [1.82, 2.24) is 4.90 Å². The summed E-state index contributed by atoms with van der Waals surface area (Å²) in [7, 11) is 0. The Hall–Kier alpha value is -0.120. The number of morpholine rings is 1. The quantitative estimate of drug-likeness (QED) is 0.684. The van der Waals surface area contributed by atoms with Crippen LogP contribution in [-0.2, 0) is 4.74 Å². The number of aliphatic hydroxyl groups excluding tert-OH is 1. The number of hydrogen-bond acceptors (Lipinski definition) is 3. The van der Waals surface area contributed by atoms with Crippen LogP contribution in [0.2, 0.25) is 0 Å². The maximum absolute atomic E-state index is 9.86. The summed E-state index contributed by atoms with van der Waals surface area (Å²) in [6.45, 7) is 6.09. The van der Waals surface area contributed by atoms with Gasteiger partial charge in [-0.3, -0.25) is 4.90 Å². The lowest BCUT2D eigenvalue weighted by molar-refractivity contribution is -0.0809. The van der Waals surface area contributed by atoms with Crippen LogP contribution in [0.3, 0.4) is 0 Å². The first-order valence-electron chi connectivity index (χ1n) is 5.74. The highest BCUT2D eigenvalue weighted by Gasteiger charge is 2.36. The smallest absolute Gasteiger partial charge is 0.0695 e.